The van der Waals surface area contributed by atoms with Crippen LogP contribution in [0.15, 0.2) is 35.8 Å². The highest BCUT2D eigenvalue weighted by Crippen LogP contribution is 2.28. The first-order chi connectivity index (χ1) is 9.61. The molecule has 0 atom stereocenters. The molecule has 3 nitrogen and oxygen atoms in total. The minimum absolute atomic E-state index is 0.446. The van der Waals surface area contributed by atoms with Crippen molar-refractivity contribution in [3.8, 4) is 0 Å². The highest BCUT2D eigenvalue weighted by atomic mass is 35.5. The number of hydrogen-bond donors (Lipinski definition) is 0. The summed E-state index contributed by atoms with van der Waals surface area (Å²) in [7, 11) is 3.94. The van der Waals surface area contributed by atoms with Gasteiger partial charge in [-0.1, -0.05) is 23.7 Å². The number of allylic oxidation sites excluding steroid dienone is 1. The van der Waals surface area contributed by atoms with Gasteiger partial charge in [0.1, 0.15) is 5.15 Å². The zero-order valence-corrected chi connectivity index (χ0v) is 12.9. The Morgan fingerprint density at radius 2 is 2.20 bits per heavy atom. The van der Waals surface area contributed by atoms with Gasteiger partial charge in [-0.3, -0.25) is 4.79 Å². The van der Waals surface area contributed by atoms with E-state index >= 15 is 0 Å². The highest BCUT2D eigenvalue weighted by molar-refractivity contribution is 7.11. The molecule has 2 rings (SSSR count). The zero-order valence-electron chi connectivity index (χ0n) is 11.3. The Balaban J connectivity index is 2.55. The Bertz CT molecular complexity index is 603. The van der Waals surface area contributed by atoms with Crippen LogP contribution in [0.5, 0.6) is 0 Å². The molecule has 20 heavy (non-hydrogen) atoms. The third-order valence-corrected chi connectivity index (χ3v) is 3.91. The van der Waals surface area contributed by atoms with Crippen molar-refractivity contribution in [3.05, 3.63) is 51.4 Å². The Hall–Kier alpha value is -1.49. The van der Waals surface area contributed by atoms with Crippen molar-refractivity contribution < 1.29 is 4.79 Å². The Morgan fingerprint density at radius 3 is 2.70 bits per heavy atom. The van der Waals surface area contributed by atoms with E-state index in [0.29, 0.717) is 17.3 Å². The maximum absolute atomic E-state index is 11.6. The quantitative estimate of drug-likeness (QED) is 0.482. The maximum atomic E-state index is 11.6. The van der Waals surface area contributed by atoms with Crippen LogP contribution < -0.4 is 0 Å². The van der Waals surface area contributed by atoms with Crippen molar-refractivity contribution >= 4 is 40.4 Å². The summed E-state index contributed by atoms with van der Waals surface area (Å²) in [5.74, 6) is 0. The molecule has 0 aromatic carbocycles. The van der Waals surface area contributed by atoms with Gasteiger partial charge >= 0.3 is 0 Å². The Morgan fingerprint density at radius 1 is 1.40 bits per heavy atom. The lowest BCUT2D eigenvalue weighted by Gasteiger charge is -2.16. The lowest BCUT2D eigenvalue weighted by Crippen LogP contribution is -2.16. The second-order valence-electron chi connectivity index (χ2n) is 4.59. The van der Waals surface area contributed by atoms with E-state index in [1.54, 1.807) is 23.6 Å². The van der Waals surface area contributed by atoms with Crippen molar-refractivity contribution in [2.75, 3.05) is 20.6 Å². The van der Waals surface area contributed by atoms with Gasteiger partial charge in [0.05, 0.1) is 0 Å². The molecule has 0 aliphatic carbocycles. The van der Waals surface area contributed by atoms with Crippen molar-refractivity contribution in [1.82, 2.24) is 9.88 Å². The van der Waals surface area contributed by atoms with Gasteiger partial charge in [-0.15, -0.1) is 11.3 Å². The van der Waals surface area contributed by atoms with Gasteiger partial charge in [-0.05, 0) is 42.7 Å². The highest BCUT2D eigenvalue weighted by Gasteiger charge is 2.13. The molecule has 0 aliphatic heterocycles. The first-order valence-electron chi connectivity index (χ1n) is 6.10. The second kappa shape index (κ2) is 6.79. The molecule has 2 heterocycles. The monoisotopic (exact) mass is 306 g/mol. The molecule has 0 N–H and O–H groups in total. The van der Waals surface area contributed by atoms with Crippen molar-refractivity contribution in [3.63, 3.8) is 0 Å². The smallest absolute Gasteiger partial charge is 0.151 e. The number of aromatic nitrogens is 1. The van der Waals surface area contributed by atoms with Crippen LogP contribution in [0, 0.1) is 0 Å². The predicted octanol–water partition coefficient (Wildman–Crippen LogP) is 3.47. The molecule has 0 bridgehead atoms. The van der Waals surface area contributed by atoms with Crippen molar-refractivity contribution in [2.45, 2.75) is 0 Å². The first-order valence-corrected chi connectivity index (χ1v) is 7.36. The molecule has 0 fully saturated rings. The summed E-state index contributed by atoms with van der Waals surface area (Å²) < 4.78 is 0. The molecule has 0 saturated carbocycles. The van der Waals surface area contributed by atoms with Gasteiger partial charge in [0.25, 0.3) is 0 Å². The largest absolute Gasteiger partial charge is 0.305 e. The SMILES string of the molecule is CN(C)CC(=C(C=O)c1cccs1)c1ccc(Cl)nc1. The topological polar surface area (TPSA) is 33.2 Å². The molecule has 2 aromatic heterocycles. The zero-order chi connectivity index (χ0) is 14.5. The summed E-state index contributed by atoms with van der Waals surface area (Å²) in [6.45, 7) is 0.662. The summed E-state index contributed by atoms with van der Waals surface area (Å²) in [4.78, 5) is 18.6. The molecule has 0 aliphatic rings. The van der Waals surface area contributed by atoms with E-state index < -0.39 is 0 Å². The molecule has 0 spiro atoms. The number of likely N-dealkylation sites (N-methyl/N-ethyl adjacent to an activating group) is 1. The van der Waals surface area contributed by atoms with E-state index in [2.05, 4.69) is 4.98 Å². The van der Waals surface area contributed by atoms with Crippen LogP contribution in [0.2, 0.25) is 5.15 Å². The molecule has 0 saturated heterocycles. The van der Waals surface area contributed by atoms with Gasteiger partial charge in [0.2, 0.25) is 0 Å². The van der Waals surface area contributed by atoms with Gasteiger partial charge in [0, 0.05) is 23.2 Å². The van der Waals surface area contributed by atoms with Gasteiger partial charge < -0.3 is 4.90 Å². The van der Waals surface area contributed by atoms with E-state index in [9.17, 15) is 4.79 Å². The van der Waals surface area contributed by atoms with Crippen LogP contribution in [-0.4, -0.2) is 36.8 Å². The fourth-order valence-corrected chi connectivity index (χ4v) is 2.78. The Labute approximate surface area is 127 Å². The molecule has 2 aromatic rings. The van der Waals surface area contributed by atoms with E-state index in [1.807, 2.05) is 42.6 Å². The number of nitrogens with zero attached hydrogens (tertiary/aromatic N) is 2. The lowest BCUT2D eigenvalue weighted by molar-refractivity contribution is -0.103. The average molecular weight is 307 g/mol. The summed E-state index contributed by atoms with van der Waals surface area (Å²) in [5.41, 5.74) is 2.58. The number of halogens is 1. The molecular weight excluding hydrogens is 292 g/mol. The summed E-state index contributed by atoms with van der Waals surface area (Å²) in [6.07, 6.45) is 2.62. The summed E-state index contributed by atoms with van der Waals surface area (Å²) in [6, 6.07) is 7.53. The maximum Gasteiger partial charge on any atom is 0.151 e. The molecular formula is C15H15ClN2OS. The average Bonchev–Trinajstić information content (AvgIpc) is 2.93. The summed E-state index contributed by atoms with van der Waals surface area (Å²) in [5, 5.41) is 2.41. The van der Waals surface area contributed by atoms with E-state index in [0.717, 1.165) is 22.3 Å². The number of pyridine rings is 1. The standard InChI is InChI=1S/C15H15ClN2OS/c1-18(2)9-12(11-5-6-15(16)17-8-11)13(10-19)14-4-3-7-20-14/h3-8,10H,9H2,1-2H3. The van der Waals surface area contributed by atoms with E-state index in [4.69, 9.17) is 11.6 Å². The minimum atomic E-state index is 0.446. The second-order valence-corrected chi connectivity index (χ2v) is 5.93. The van der Waals surface area contributed by atoms with Gasteiger partial charge in [-0.2, -0.15) is 0 Å². The molecule has 0 radical (unpaired) electrons. The van der Waals surface area contributed by atoms with Crippen LogP contribution >= 0.6 is 22.9 Å². The predicted molar refractivity (Wildman–Crippen MR) is 85.0 cm³/mol. The van der Waals surface area contributed by atoms with Crippen LogP contribution in [0.4, 0.5) is 0 Å². The van der Waals surface area contributed by atoms with Crippen LogP contribution in [0.1, 0.15) is 10.4 Å². The van der Waals surface area contributed by atoms with E-state index in [-0.39, 0.29) is 0 Å². The minimum Gasteiger partial charge on any atom is -0.305 e. The number of carbonyl (C=O) groups excluding carboxylic acids is 1. The number of carbonyl (C=O) groups is 1. The van der Waals surface area contributed by atoms with Crippen LogP contribution in [0.3, 0.4) is 0 Å². The lowest BCUT2D eigenvalue weighted by atomic mass is 10.0. The third kappa shape index (κ3) is 3.54. The first kappa shape index (κ1) is 14.9. The van der Waals surface area contributed by atoms with E-state index in [1.165, 1.54) is 0 Å². The normalized spacial score (nSPS) is 12.4. The van der Waals surface area contributed by atoms with Crippen LogP contribution in [0.25, 0.3) is 11.1 Å². The fraction of sp³-hybridized carbons (Fsp3) is 0.200. The number of thiophene rings is 1. The molecule has 5 heteroatoms. The molecule has 104 valence electrons. The molecule has 0 amide bonds. The number of aldehydes is 1. The summed E-state index contributed by atoms with van der Waals surface area (Å²) >= 11 is 7.38. The van der Waals surface area contributed by atoms with Gasteiger partial charge in [0.15, 0.2) is 6.29 Å². The van der Waals surface area contributed by atoms with Gasteiger partial charge in [-0.25, -0.2) is 4.98 Å². The third-order valence-electron chi connectivity index (χ3n) is 2.78. The fourth-order valence-electron chi connectivity index (χ4n) is 1.91. The van der Waals surface area contributed by atoms with Crippen molar-refractivity contribution in [1.29, 1.82) is 0 Å². The Kier molecular flexibility index (Phi) is 5.06. The number of hydrogen-bond acceptors (Lipinski definition) is 4. The molecule has 0 unspecified atom stereocenters. The van der Waals surface area contributed by atoms with Crippen molar-refractivity contribution in [2.24, 2.45) is 0 Å². The van der Waals surface area contributed by atoms with Crippen LogP contribution in [-0.2, 0) is 4.79 Å². The number of rotatable bonds is 5.